The molecule has 0 heterocycles. The van der Waals surface area contributed by atoms with E-state index in [1.165, 1.54) is 25.7 Å². The smallest absolute Gasteiger partial charge is 0.0519 e. The second kappa shape index (κ2) is 8.08. The second-order valence-corrected chi connectivity index (χ2v) is 5.26. The van der Waals surface area contributed by atoms with Crippen LogP contribution < -0.4 is 0 Å². The van der Waals surface area contributed by atoms with Gasteiger partial charge in [-0.2, -0.15) is 0 Å². The van der Waals surface area contributed by atoms with E-state index in [0.29, 0.717) is 6.10 Å². The first-order valence-electron chi connectivity index (χ1n) is 6.93. The molecule has 0 radical (unpaired) electrons. The Balaban J connectivity index is 2.26. The van der Waals surface area contributed by atoms with Gasteiger partial charge in [-0.05, 0) is 44.9 Å². The minimum Gasteiger partial charge on any atom is -0.381 e. The molecule has 0 aromatic carbocycles. The van der Waals surface area contributed by atoms with Gasteiger partial charge in [-0.15, -0.1) is 0 Å². The molecule has 1 fully saturated rings. The maximum Gasteiger partial charge on any atom is 0.0519 e. The predicted molar refractivity (Wildman–Crippen MR) is 67.6 cm³/mol. The summed E-state index contributed by atoms with van der Waals surface area (Å²) in [6.07, 6.45) is 6.89. The molecule has 0 saturated heterocycles. The van der Waals surface area contributed by atoms with E-state index in [-0.39, 0.29) is 0 Å². The lowest BCUT2D eigenvalue weighted by atomic mass is 9.80. The molecule has 0 spiro atoms. The van der Waals surface area contributed by atoms with Gasteiger partial charge < -0.3 is 9.47 Å². The summed E-state index contributed by atoms with van der Waals surface area (Å²) in [5.74, 6) is 1.46. The topological polar surface area (TPSA) is 18.5 Å². The van der Waals surface area contributed by atoms with Gasteiger partial charge in [0.15, 0.2) is 0 Å². The highest BCUT2D eigenvalue weighted by atomic mass is 16.5. The minimum atomic E-state index is 0.360. The molecule has 1 aliphatic rings. The van der Waals surface area contributed by atoms with Crippen LogP contribution in [0.25, 0.3) is 0 Å². The van der Waals surface area contributed by atoms with Gasteiger partial charge in [0.25, 0.3) is 0 Å². The van der Waals surface area contributed by atoms with E-state index in [1.54, 1.807) is 0 Å². The minimum absolute atomic E-state index is 0.360. The largest absolute Gasteiger partial charge is 0.381 e. The first-order valence-corrected chi connectivity index (χ1v) is 6.93. The van der Waals surface area contributed by atoms with Gasteiger partial charge in [0.05, 0.1) is 12.7 Å². The van der Waals surface area contributed by atoms with Gasteiger partial charge in [0, 0.05) is 13.2 Å². The van der Waals surface area contributed by atoms with Gasteiger partial charge in [-0.25, -0.2) is 0 Å². The molecule has 0 aromatic heterocycles. The molecule has 16 heavy (non-hydrogen) atoms. The van der Waals surface area contributed by atoms with Gasteiger partial charge in [0.1, 0.15) is 0 Å². The maximum absolute atomic E-state index is 5.76. The molecule has 0 amide bonds. The highest BCUT2D eigenvalue weighted by Crippen LogP contribution is 2.30. The molecule has 0 aliphatic heterocycles. The molecule has 2 heteroatoms. The Morgan fingerprint density at radius 2 is 1.69 bits per heavy atom. The molecule has 2 atom stereocenters. The Hall–Kier alpha value is -0.0800. The van der Waals surface area contributed by atoms with Gasteiger partial charge >= 0.3 is 0 Å². The molecule has 0 N–H and O–H groups in total. The zero-order chi connectivity index (χ0) is 11.8. The SMILES string of the molecule is CCCOC[C@@H]1CCCC[C@@H]1COC(C)C. The zero-order valence-electron chi connectivity index (χ0n) is 11.2. The molecule has 2 nitrogen and oxygen atoms in total. The quantitative estimate of drug-likeness (QED) is 0.619. The third kappa shape index (κ3) is 5.31. The average molecular weight is 228 g/mol. The third-order valence-electron chi connectivity index (χ3n) is 3.39. The maximum atomic E-state index is 5.76. The van der Waals surface area contributed by atoms with Crippen molar-refractivity contribution in [1.82, 2.24) is 0 Å². The Kier molecular flexibility index (Phi) is 7.06. The van der Waals surface area contributed by atoms with Crippen molar-refractivity contribution >= 4 is 0 Å². The summed E-state index contributed by atoms with van der Waals surface area (Å²) in [5, 5.41) is 0. The number of hydrogen-bond acceptors (Lipinski definition) is 2. The van der Waals surface area contributed by atoms with E-state index in [1.807, 2.05) is 0 Å². The van der Waals surface area contributed by atoms with Crippen LogP contribution in [0.15, 0.2) is 0 Å². The molecule has 1 saturated carbocycles. The molecule has 0 unspecified atom stereocenters. The Bertz CT molecular complexity index is 168. The lowest BCUT2D eigenvalue weighted by Crippen LogP contribution is -2.28. The van der Waals surface area contributed by atoms with E-state index >= 15 is 0 Å². The van der Waals surface area contributed by atoms with E-state index < -0.39 is 0 Å². The second-order valence-electron chi connectivity index (χ2n) is 5.26. The first-order chi connectivity index (χ1) is 7.74. The summed E-state index contributed by atoms with van der Waals surface area (Å²) in [6.45, 7) is 9.18. The van der Waals surface area contributed by atoms with Crippen molar-refractivity contribution in [2.24, 2.45) is 11.8 Å². The first kappa shape index (κ1) is 14.0. The van der Waals surface area contributed by atoms with Crippen molar-refractivity contribution in [3.05, 3.63) is 0 Å². The molecule has 0 bridgehead atoms. The highest BCUT2D eigenvalue weighted by Gasteiger charge is 2.25. The number of ether oxygens (including phenoxy) is 2. The summed E-state index contributed by atoms with van der Waals surface area (Å²) in [5.41, 5.74) is 0. The van der Waals surface area contributed by atoms with E-state index in [0.717, 1.165) is 38.1 Å². The highest BCUT2D eigenvalue weighted by molar-refractivity contribution is 4.75. The Morgan fingerprint density at radius 1 is 1.06 bits per heavy atom. The molecular weight excluding hydrogens is 200 g/mol. The van der Waals surface area contributed by atoms with Crippen LogP contribution in [0.4, 0.5) is 0 Å². The van der Waals surface area contributed by atoms with Crippen LogP contribution in [-0.4, -0.2) is 25.9 Å². The molecular formula is C14H28O2. The van der Waals surface area contributed by atoms with Crippen LogP contribution in [0, 0.1) is 11.8 Å². The normalized spacial score (nSPS) is 26.2. The van der Waals surface area contributed by atoms with Crippen molar-refractivity contribution in [2.75, 3.05) is 19.8 Å². The Morgan fingerprint density at radius 3 is 2.25 bits per heavy atom. The predicted octanol–water partition coefficient (Wildman–Crippen LogP) is 3.64. The zero-order valence-corrected chi connectivity index (χ0v) is 11.2. The van der Waals surface area contributed by atoms with Crippen molar-refractivity contribution in [1.29, 1.82) is 0 Å². The fraction of sp³-hybridized carbons (Fsp3) is 1.00. The van der Waals surface area contributed by atoms with Crippen molar-refractivity contribution in [3.8, 4) is 0 Å². The van der Waals surface area contributed by atoms with E-state index in [4.69, 9.17) is 9.47 Å². The standard InChI is InChI=1S/C14H28O2/c1-4-9-15-10-13-7-5-6-8-14(13)11-16-12(2)3/h12-14H,4-11H2,1-3H3/t13-,14+/m0/s1. The van der Waals surface area contributed by atoms with Crippen LogP contribution in [-0.2, 0) is 9.47 Å². The summed E-state index contributed by atoms with van der Waals surface area (Å²) in [6, 6.07) is 0. The number of hydrogen-bond donors (Lipinski definition) is 0. The fourth-order valence-corrected chi connectivity index (χ4v) is 2.42. The summed E-state index contributed by atoms with van der Waals surface area (Å²) in [7, 11) is 0. The van der Waals surface area contributed by atoms with Crippen molar-refractivity contribution in [2.45, 2.75) is 59.0 Å². The van der Waals surface area contributed by atoms with E-state index in [9.17, 15) is 0 Å². The van der Waals surface area contributed by atoms with Crippen LogP contribution >= 0.6 is 0 Å². The Labute approximate surface area is 101 Å². The summed E-state index contributed by atoms with van der Waals surface area (Å²) >= 11 is 0. The molecule has 1 aliphatic carbocycles. The summed E-state index contributed by atoms with van der Waals surface area (Å²) < 4.78 is 11.5. The van der Waals surface area contributed by atoms with Crippen LogP contribution in [0.5, 0.6) is 0 Å². The van der Waals surface area contributed by atoms with Gasteiger partial charge in [0.2, 0.25) is 0 Å². The molecule has 0 aromatic rings. The average Bonchev–Trinajstić information content (AvgIpc) is 2.28. The lowest BCUT2D eigenvalue weighted by Gasteiger charge is -2.31. The van der Waals surface area contributed by atoms with E-state index in [2.05, 4.69) is 20.8 Å². The lowest BCUT2D eigenvalue weighted by molar-refractivity contribution is -0.00548. The van der Waals surface area contributed by atoms with Crippen molar-refractivity contribution in [3.63, 3.8) is 0 Å². The van der Waals surface area contributed by atoms with Crippen LogP contribution in [0.2, 0.25) is 0 Å². The molecule has 96 valence electrons. The third-order valence-corrected chi connectivity index (χ3v) is 3.39. The summed E-state index contributed by atoms with van der Waals surface area (Å²) in [4.78, 5) is 0. The van der Waals surface area contributed by atoms with Gasteiger partial charge in [-0.1, -0.05) is 19.8 Å². The number of rotatable bonds is 7. The van der Waals surface area contributed by atoms with Gasteiger partial charge in [-0.3, -0.25) is 0 Å². The van der Waals surface area contributed by atoms with Crippen LogP contribution in [0.3, 0.4) is 0 Å². The van der Waals surface area contributed by atoms with Crippen LogP contribution in [0.1, 0.15) is 52.9 Å². The monoisotopic (exact) mass is 228 g/mol. The molecule has 1 rings (SSSR count). The van der Waals surface area contributed by atoms with Crippen molar-refractivity contribution < 1.29 is 9.47 Å². The fourth-order valence-electron chi connectivity index (χ4n) is 2.42.